The van der Waals surface area contributed by atoms with Crippen molar-refractivity contribution >= 4 is 5.97 Å². The van der Waals surface area contributed by atoms with E-state index in [0.717, 1.165) is 44.9 Å². The van der Waals surface area contributed by atoms with Crippen molar-refractivity contribution in [1.82, 2.24) is 0 Å². The van der Waals surface area contributed by atoms with Gasteiger partial charge in [-0.1, -0.05) is 60.1 Å². The monoisotopic (exact) mass is 1040 g/mol. The Balaban J connectivity index is 0.965. The first-order valence-electron chi connectivity index (χ1n) is 26.6. The summed E-state index contributed by atoms with van der Waals surface area (Å²) < 4.78 is 48.2. The second-order valence-electron chi connectivity index (χ2n) is 25.4. The predicted octanol–water partition coefficient (Wildman–Crippen LogP) is -0.191. The number of allylic oxidation sites excluding steroid dienone is 2. The van der Waals surface area contributed by atoms with E-state index in [1.165, 1.54) is 5.57 Å². The largest absolute Gasteiger partial charge is 0.481 e. The Morgan fingerprint density at radius 3 is 1.90 bits per heavy atom. The Morgan fingerprint density at radius 1 is 0.616 bits per heavy atom. The van der Waals surface area contributed by atoms with Crippen LogP contribution in [0, 0.1) is 50.2 Å². The zero-order chi connectivity index (χ0) is 53.1. The average molecular weight is 1050 g/mol. The van der Waals surface area contributed by atoms with Crippen LogP contribution in [0.15, 0.2) is 11.6 Å². The van der Waals surface area contributed by atoms with Gasteiger partial charge in [0.25, 0.3) is 0 Å². The van der Waals surface area contributed by atoms with E-state index in [1.54, 1.807) is 0 Å². The van der Waals surface area contributed by atoms with Gasteiger partial charge in [-0.15, -0.1) is 0 Å². The third-order valence-corrected chi connectivity index (χ3v) is 20.7. The third-order valence-electron chi connectivity index (χ3n) is 20.7. The number of aliphatic hydroxyl groups is 11. The predicted molar refractivity (Wildman–Crippen MR) is 251 cm³/mol. The molecule has 0 aromatic carbocycles. The molecule has 9 rings (SSSR count). The molecule has 0 bridgehead atoms. The molecular formula is C52H84O21. The molecule has 0 radical (unpaired) electrons. The van der Waals surface area contributed by atoms with Crippen LogP contribution in [0.5, 0.6) is 0 Å². The highest BCUT2D eigenvalue weighted by atomic mass is 16.8. The smallest absolute Gasteiger partial charge is 0.310 e. The lowest BCUT2D eigenvalue weighted by atomic mass is 9.33. The summed E-state index contributed by atoms with van der Waals surface area (Å²) in [6.07, 6.45) is -19.5. The van der Waals surface area contributed by atoms with Crippen LogP contribution in [0.3, 0.4) is 0 Å². The molecule has 4 aliphatic heterocycles. The topological polar surface area (TPSA) is 334 Å². The number of aliphatic hydroxyl groups excluding tert-OH is 11. The second-order valence-corrected chi connectivity index (χ2v) is 25.4. The first-order chi connectivity index (χ1) is 34.2. The lowest BCUT2D eigenvalue weighted by Gasteiger charge is -2.71. The van der Waals surface area contributed by atoms with E-state index in [2.05, 4.69) is 54.5 Å². The summed E-state index contributed by atoms with van der Waals surface area (Å²) in [4.78, 5) is 13.2. The first kappa shape index (κ1) is 56.2. The minimum absolute atomic E-state index is 0.0198. The van der Waals surface area contributed by atoms with Crippen molar-refractivity contribution in [3.63, 3.8) is 0 Å². The third kappa shape index (κ3) is 9.29. The molecule has 21 heteroatoms. The molecule has 8 fully saturated rings. The van der Waals surface area contributed by atoms with Crippen LogP contribution in [0.2, 0.25) is 0 Å². The Morgan fingerprint density at radius 2 is 1.22 bits per heavy atom. The highest BCUT2D eigenvalue weighted by Crippen LogP contribution is 2.76. The highest BCUT2D eigenvalue weighted by Gasteiger charge is 2.70. The molecular weight excluding hydrogens is 961 g/mol. The van der Waals surface area contributed by atoms with Gasteiger partial charge in [0, 0.05) is 0 Å². The van der Waals surface area contributed by atoms with E-state index in [1.807, 2.05) is 0 Å². The maximum Gasteiger partial charge on any atom is 0.310 e. The molecule has 4 saturated heterocycles. The molecule has 0 aromatic rings. The molecule has 418 valence electrons. The number of ether oxygens (including phenoxy) is 8. The Bertz CT molecular complexity index is 2010. The van der Waals surface area contributed by atoms with E-state index >= 15 is 0 Å². The minimum atomic E-state index is -1.87. The molecule has 73 heavy (non-hydrogen) atoms. The fourth-order valence-electron chi connectivity index (χ4n) is 15.9. The molecule has 0 aromatic heterocycles. The fourth-order valence-corrected chi connectivity index (χ4v) is 15.9. The lowest BCUT2D eigenvalue weighted by Crippen LogP contribution is -2.67. The van der Waals surface area contributed by atoms with E-state index in [4.69, 9.17) is 37.9 Å². The van der Waals surface area contributed by atoms with E-state index in [9.17, 15) is 66.1 Å². The number of rotatable bonds is 11. The van der Waals surface area contributed by atoms with Crippen LogP contribution >= 0.6 is 0 Å². The standard InChI is InChI=1S/C52H84O21/c1-47(2)14-16-52(46(64)65)17-15-50(6)23(24(52)18-47)8-9-30-49(5)12-11-31(48(3,4)29(49)10-13-51(30,50)7)71-45-41(73-43-39(63)36(60)34(58)27(19-53)69-43)37(61)35(59)28(70-45)22-68-44-40(33(57)26(55)21-67-44)72-42-38(62)32(56)25(54)20-66-42/h8,24-45,53-63H,9-22H2,1-7H3,(H,64,65)/t24-,25+,26-,27+,28+,29-,30+,31-,32-,33-,34+,35+,36-,37-,38+,39+,40+,41+,42-,43-,44-,45-,49-,50+,51+,52-/m0/s1. The van der Waals surface area contributed by atoms with Crippen LogP contribution in [-0.2, 0) is 42.7 Å². The zero-order valence-corrected chi connectivity index (χ0v) is 43.2. The lowest BCUT2D eigenvalue weighted by molar-refractivity contribution is -0.384. The summed E-state index contributed by atoms with van der Waals surface area (Å²) in [5, 5.41) is 129. The van der Waals surface area contributed by atoms with Gasteiger partial charge in [0.2, 0.25) is 0 Å². The van der Waals surface area contributed by atoms with E-state index < -0.39 is 160 Å². The second kappa shape index (κ2) is 20.3. The van der Waals surface area contributed by atoms with Crippen LogP contribution in [0.4, 0.5) is 0 Å². The van der Waals surface area contributed by atoms with Crippen molar-refractivity contribution in [3.05, 3.63) is 11.6 Å². The first-order valence-corrected chi connectivity index (χ1v) is 26.6. The molecule has 5 aliphatic carbocycles. The van der Waals surface area contributed by atoms with Gasteiger partial charge in [0.1, 0.15) is 85.5 Å². The highest BCUT2D eigenvalue weighted by molar-refractivity contribution is 5.76. The van der Waals surface area contributed by atoms with Gasteiger partial charge in [-0.05, 0) is 109 Å². The summed E-state index contributed by atoms with van der Waals surface area (Å²) in [5.41, 5.74) is -0.395. The van der Waals surface area contributed by atoms with Gasteiger partial charge in [0.05, 0.1) is 37.9 Å². The van der Waals surface area contributed by atoms with E-state index in [-0.39, 0.29) is 39.4 Å². The SMILES string of the molecule is CC1(C)CC[C@]2(C(=O)O)CC[C@]3(C)C(=CC[C@@H]4[C@@]5(C)CC[C@H](O[C@@H]6O[C@H](CO[C@@H]7OC[C@H](O)[C@H](O)[C@H]7O[C@@H]7OC[C@@H](O)[C@H](O)[C@H]7O)[C@@H](O)[C@H](O)[C@H]6O[C@@H]6O[C@H](CO)[C@@H](O)[C@H](O)[C@H]6O)C(C)(C)[C@@H]5CC[C@]43C)[C@@H]2C1. The number of carboxylic acids is 1. The maximum atomic E-state index is 13.2. The fraction of sp³-hybridized carbons (Fsp3) is 0.942. The van der Waals surface area contributed by atoms with Gasteiger partial charge >= 0.3 is 5.97 Å². The molecule has 12 N–H and O–H groups in total. The summed E-state index contributed by atoms with van der Waals surface area (Å²) in [7, 11) is 0. The minimum Gasteiger partial charge on any atom is -0.481 e. The molecule has 4 saturated carbocycles. The Hall–Kier alpha value is -1.55. The van der Waals surface area contributed by atoms with Gasteiger partial charge in [-0.3, -0.25) is 4.79 Å². The van der Waals surface area contributed by atoms with Crippen LogP contribution in [-0.4, -0.2) is 210 Å². The van der Waals surface area contributed by atoms with Gasteiger partial charge in [0.15, 0.2) is 25.2 Å². The molecule has 0 unspecified atom stereocenters. The number of carboxylic acid groups (broad SMARTS) is 1. The van der Waals surface area contributed by atoms with Crippen molar-refractivity contribution in [3.8, 4) is 0 Å². The summed E-state index contributed by atoms with van der Waals surface area (Å²) in [6.45, 7) is 14.0. The van der Waals surface area contributed by atoms with Crippen molar-refractivity contribution in [2.75, 3.05) is 26.4 Å². The number of carbonyl (C=O) groups is 1. The normalized spacial score (nSPS) is 53.7. The quantitative estimate of drug-likeness (QED) is 0.0942. The Kier molecular flexibility index (Phi) is 15.6. The number of hydrogen-bond donors (Lipinski definition) is 12. The number of aliphatic carboxylic acids is 1. The molecule has 26 atom stereocenters. The van der Waals surface area contributed by atoms with Crippen LogP contribution < -0.4 is 0 Å². The maximum absolute atomic E-state index is 13.2. The Labute approximate surface area is 426 Å². The molecule has 0 amide bonds. The van der Waals surface area contributed by atoms with Crippen LogP contribution in [0.1, 0.15) is 113 Å². The molecule has 0 spiro atoms. The molecule has 9 aliphatic rings. The van der Waals surface area contributed by atoms with Crippen molar-refractivity contribution in [2.24, 2.45) is 50.2 Å². The van der Waals surface area contributed by atoms with Gasteiger partial charge < -0.3 is 99.2 Å². The van der Waals surface area contributed by atoms with Crippen molar-refractivity contribution < 1.29 is 104 Å². The number of fused-ring (bicyclic) bond motifs is 7. The summed E-state index contributed by atoms with van der Waals surface area (Å²) >= 11 is 0. The van der Waals surface area contributed by atoms with Gasteiger partial charge in [-0.25, -0.2) is 0 Å². The zero-order valence-electron chi connectivity index (χ0n) is 43.2. The van der Waals surface area contributed by atoms with Crippen molar-refractivity contribution in [2.45, 2.75) is 229 Å². The van der Waals surface area contributed by atoms with Crippen molar-refractivity contribution in [1.29, 1.82) is 0 Å². The van der Waals surface area contributed by atoms with Crippen LogP contribution in [0.25, 0.3) is 0 Å². The summed E-state index contributed by atoms with van der Waals surface area (Å²) in [5.74, 6) is -0.301. The van der Waals surface area contributed by atoms with E-state index in [0.29, 0.717) is 19.3 Å². The summed E-state index contributed by atoms with van der Waals surface area (Å²) in [6, 6.07) is 0. The average Bonchev–Trinajstić information content (AvgIpc) is 3.33. The number of hydrogen-bond acceptors (Lipinski definition) is 20. The molecule has 21 nitrogen and oxygen atoms in total. The molecule has 4 heterocycles. The van der Waals surface area contributed by atoms with Gasteiger partial charge in [-0.2, -0.15) is 0 Å².